The fourth-order valence-corrected chi connectivity index (χ4v) is 4.20. The van der Waals surface area contributed by atoms with Crippen LogP contribution in [0.25, 0.3) is 0 Å². The first-order valence-corrected chi connectivity index (χ1v) is 10.3. The highest BCUT2D eigenvalue weighted by Crippen LogP contribution is 2.23. The van der Waals surface area contributed by atoms with Crippen LogP contribution in [0.15, 0.2) is 18.2 Å². The predicted octanol–water partition coefficient (Wildman–Crippen LogP) is 0.717. The lowest BCUT2D eigenvalue weighted by Gasteiger charge is -2.32. The number of nitrogens with one attached hydrogen (secondary N) is 1. The van der Waals surface area contributed by atoms with E-state index in [0.29, 0.717) is 19.4 Å². The summed E-state index contributed by atoms with van der Waals surface area (Å²) in [5.74, 6) is -2.32. The zero-order chi connectivity index (χ0) is 21.8. The summed E-state index contributed by atoms with van der Waals surface area (Å²) >= 11 is 0. The smallest absolute Gasteiger partial charge is 0.337 e. The summed E-state index contributed by atoms with van der Waals surface area (Å²) in [4.78, 5) is 36.5. The zero-order valence-corrected chi connectivity index (χ0v) is 17.6. The number of methoxy groups -OCH3 is 2. The van der Waals surface area contributed by atoms with Crippen LogP contribution in [0.2, 0.25) is 0 Å². The average molecular weight is 427 g/mol. The van der Waals surface area contributed by atoms with E-state index in [2.05, 4.69) is 14.8 Å². The van der Waals surface area contributed by atoms with Gasteiger partial charge in [-0.2, -0.15) is 17.0 Å². The molecule has 0 saturated carbocycles. The molecule has 1 heterocycles. The maximum atomic E-state index is 12.7. The molecule has 1 amide bonds. The molecule has 1 fully saturated rings. The van der Waals surface area contributed by atoms with Crippen molar-refractivity contribution < 1.29 is 32.3 Å². The highest BCUT2D eigenvalue weighted by molar-refractivity contribution is 7.86. The number of rotatable bonds is 6. The van der Waals surface area contributed by atoms with Crippen molar-refractivity contribution in [1.29, 1.82) is 0 Å². The molecular formula is C18H25N3O7S. The number of carbonyl (C=O) groups excluding carboxylic acids is 3. The standard InChI is InChI=1S/C18H25N3O7S/c1-20(2)29(25,26)21-7-5-6-12(11-21)16(22)19-15-9-13(17(23)27-3)8-14(10-15)18(24)28-4/h8-10,12H,5-7,11H2,1-4H3,(H,19,22)/t12-/m1/s1. The molecule has 1 aromatic carbocycles. The highest BCUT2D eigenvalue weighted by atomic mass is 32.2. The molecule has 11 heteroatoms. The molecule has 0 spiro atoms. The largest absolute Gasteiger partial charge is 0.465 e. The minimum absolute atomic E-state index is 0.0485. The monoisotopic (exact) mass is 427 g/mol. The topological polar surface area (TPSA) is 122 Å². The van der Waals surface area contributed by atoms with Gasteiger partial charge < -0.3 is 14.8 Å². The molecule has 0 bridgehead atoms. The Bertz CT molecular complexity index is 864. The number of benzene rings is 1. The number of ether oxygens (including phenoxy) is 2. The molecule has 2 rings (SSSR count). The van der Waals surface area contributed by atoms with E-state index in [-0.39, 0.29) is 23.4 Å². The SMILES string of the molecule is COC(=O)c1cc(NC(=O)[C@@H]2CCCN(S(=O)(=O)N(C)C)C2)cc(C(=O)OC)c1. The van der Waals surface area contributed by atoms with Gasteiger partial charge in [-0.15, -0.1) is 0 Å². The molecule has 0 aliphatic carbocycles. The van der Waals surface area contributed by atoms with E-state index in [9.17, 15) is 22.8 Å². The van der Waals surface area contributed by atoms with Gasteiger partial charge in [0.1, 0.15) is 0 Å². The average Bonchev–Trinajstić information content (AvgIpc) is 2.72. The predicted molar refractivity (Wildman–Crippen MR) is 105 cm³/mol. The summed E-state index contributed by atoms with van der Waals surface area (Å²) in [6, 6.07) is 4.07. The van der Waals surface area contributed by atoms with E-state index >= 15 is 0 Å². The van der Waals surface area contributed by atoms with Gasteiger partial charge in [-0.1, -0.05) is 0 Å². The van der Waals surface area contributed by atoms with Crippen molar-refractivity contribution in [2.75, 3.05) is 46.7 Å². The molecule has 1 saturated heterocycles. The number of nitrogens with zero attached hydrogens (tertiary/aromatic N) is 2. The molecule has 1 atom stereocenters. The van der Waals surface area contributed by atoms with Gasteiger partial charge in [-0.05, 0) is 31.0 Å². The van der Waals surface area contributed by atoms with Crippen molar-refractivity contribution in [3.05, 3.63) is 29.3 Å². The second-order valence-electron chi connectivity index (χ2n) is 6.76. The van der Waals surface area contributed by atoms with Gasteiger partial charge in [0.25, 0.3) is 10.2 Å². The van der Waals surface area contributed by atoms with Crippen LogP contribution in [0.5, 0.6) is 0 Å². The number of carbonyl (C=O) groups is 3. The van der Waals surface area contributed by atoms with E-state index < -0.39 is 34.0 Å². The number of esters is 2. The number of hydrogen-bond acceptors (Lipinski definition) is 7. The summed E-state index contributed by atoms with van der Waals surface area (Å²) < 4.78 is 36.4. The van der Waals surface area contributed by atoms with Gasteiger partial charge in [0, 0.05) is 32.9 Å². The Labute approximate surface area is 169 Å². The third-order valence-corrected chi connectivity index (χ3v) is 6.49. The molecule has 0 aromatic heterocycles. The minimum atomic E-state index is -3.62. The lowest BCUT2D eigenvalue weighted by atomic mass is 9.98. The second kappa shape index (κ2) is 9.33. The fraction of sp³-hybridized carbons (Fsp3) is 0.500. The van der Waals surface area contributed by atoms with E-state index in [1.807, 2.05) is 0 Å². The Balaban J connectivity index is 2.23. The maximum Gasteiger partial charge on any atom is 0.337 e. The van der Waals surface area contributed by atoms with E-state index in [1.165, 1.54) is 50.8 Å². The minimum Gasteiger partial charge on any atom is -0.465 e. The third-order valence-electron chi connectivity index (χ3n) is 4.59. The Kier molecular flexibility index (Phi) is 7.33. The van der Waals surface area contributed by atoms with Crippen LogP contribution in [-0.2, 0) is 24.5 Å². The van der Waals surface area contributed by atoms with Crippen LogP contribution in [0.3, 0.4) is 0 Å². The lowest BCUT2D eigenvalue weighted by Crippen LogP contribution is -2.47. The van der Waals surface area contributed by atoms with Crippen LogP contribution < -0.4 is 5.32 Å². The van der Waals surface area contributed by atoms with Crippen molar-refractivity contribution in [3.63, 3.8) is 0 Å². The molecule has 10 nitrogen and oxygen atoms in total. The summed E-state index contributed by atoms with van der Waals surface area (Å²) in [6.45, 7) is 0.390. The highest BCUT2D eigenvalue weighted by Gasteiger charge is 2.33. The van der Waals surface area contributed by atoms with Crippen molar-refractivity contribution in [1.82, 2.24) is 8.61 Å². The van der Waals surface area contributed by atoms with E-state index in [4.69, 9.17) is 0 Å². The summed E-state index contributed by atoms with van der Waals surface area (Å²) in [7, 11) is 1.66. The van der Waals surface area contributed by atoms with E-state index in [0.717, 1.165) is 4.31 Å². The summed E-state index contributed by atoms with van der Waals surface area (Å²) in [5.41, 5.74) is 0.364. The first-order chi connectivity index (χ1) is 13.6. The van der Waals surface area contributed by atoms with Gasteiger partial charge in [-0.25, -0.2) is 9.59 Å². The van der Waals surface area contributed by atoms with Gasteiger partial charge in [0.05, 0.1) is 31.3 Å². The number of piperidine rings is 1. The van der Waals surface area contributed by atoms with Crippen molar-refractivity contribution in [3.8, 4) is 0 Å². The Morgan fingerprint density at radius 2 is 1.62 bits per heavy atom. The fourth-order valence-electron chi connectivity index (χ4n) is 3.01. The molecule has 29 heavy (non-hydrogen) atoms. The molecule has 160 valence electrons. The molecule has 1 N–H and O–H groups in total. The third kappa shape index (κ3) is 5.31. The molecule has 1 aliphatic rings. The normalized spacial score (nSPS) is 17.6. The van der Waals surface area contributed by atoms with Gasteiger partial charge >= 0.3 is 11.9 Å². The molecular weight excluding hydrogens is 402 g/mol. The molecule has 1 aliphatic heterocycles. The van der Waals surface area contributed by atoms with Crippen LogP contribution in [-0.4, -0.2) is 76.3 Å². The Morgan fingerprint density at radius 1 is 1.07 bits per heavy atom. The number of anilines is 1. The van der Waals surface area contributed by atoms with Crippen LogP contribution in [0.4, 0.5) is 5.69 Å². The lowest BCUT2D eigenvalue weighted by molar-refractivity contribution is -0.120. The van der Waals surface area contributed by atoms with Crippen LogP contribution in [0.1, 0.15) is 33.6 Å². The van der Waals surface area contributed by atoms with Crippen LogP contribution >= 0.6 is 0 Å². The van der Waals surface area contributed by atoms with Crippen molar-refractivity contribution in [2.45, 2.75) is 12.8 Å². The molecule has 0 radical (unpaired) electrons. The van der Waals surface area contributed by atoms with Gasteiger partial charge in [0.15, 0.2) is 0 Å². The number of hydrogen-bond donors (Lipinski definition) is 1. The van der Waals surface area contributed by atoms with E-state index in [1.54, 1.807) is 0 Å². The van der Waals surface area contributed by atoms with Crippen molar-refractivity contribution in [2.24, 2.45) is 5.92 Å². The van der Waals surface area contributed by atoms with Gasteiger partial charge in [0.2, 0.25) is 5.91 Å². The summed E-state index contributed by atoms with van der Waals surface area (Å²) in [6.07, 6.45) is 1.06. The first kappa shape index (κ1) is 22.8. The summed E-state index contributed by atoms with van der Waals surface area (Å²) in [5, 5.41) is 2.66. The zero-order valence-electron chi connectivity index (χ0n) is 16.8. The second-order valence-corrected chi connectivity index (χ2v) is 8.90. The van der Waals surface area contributed by atoms with Crippen molar-refractivity contribution >= 4 is 33.7 Å². The van der Waals surface area contributed by atoms with Gasteiger partial charge in [-0.3, -0.25) is 4.79 Å². The Morgan fingerprint density at radius 3 is 2.10 bits per heavy atom. The van der Waals surface area contributed by atoms with Crippen LogP contribution in [0, 0.1) is 5.92 Å². The first-order valence-electron chi connectivity index (χ1n) is 8.90. The maximum absolute atomic E-state index is 12.7. The quantitative estimate of drug-likeness (QED) is 0.664. The number of amides is 1. The molecule has 1 aromatic rings. The Hall–Kier alpha value is -2.50. The molecule has 0 unspecified atom stereocenters.